The third kappa shape index (κ3) is 4.58. The van der Waals surface area contributed by atoms with Crippen LogP contribution in [0.2, 0.25) is 0 Å². The lowest BCUT2D eigenvalue weighted by molar-refractivity contribution is -0.131. The van der Waals surface area contributed by atoms with Crippen LogP contribution in [0.4, 0.5) is 0 Å². The zero-order valence-corrected chi connectivity index (χ0v) is 18.1. The SMILES string of the molecule is Cc1cc(C)c(S(=O)(=O)N(CCC(=O)N2CCNCC2)C2CCCC2)c(C)c1. The van der Waals surface area contributed by atoms with Crippen LogP contribution in [0.15, 0.2) is 17.0 Å². The molecular weight excluding hydrogens is 374 g/mol. The molecular formula is C21H33N3O3S. The quantitative estimate of drug-likeness (QED) is 0.786. The topological polar surface area (TPSA) is 69.7 Å². The van der Waals surface area contributed by atoms with Crippen molar-refractivity contribution in [1.29, 1.82) is 0 Å². The first kappa shape index (κ1) is 21.3. The Balaban J connectivity index is 1.84. The fourth-order valence-corrected chi connectivity index (χ4v) is 6.76. The summed E-state index contributed by atoms with van der Waals surface area (Å²) in [6.07, 6.45) is 4.11. The predicted octanol–water partition coefficient (Wildman–Crippen LogP) is 2.37. The monoisotopic (exact) mass is 407 g/mol. The van der Waals surface area contributed by atoms with E-state index in [0.717, 1.165) is 55.5 Å². The number of hydrogen-bond acceptors (Lipinski definition) is 4. The van der Waals surface area contributed by atoms with E-state index in [4.69, 9.17) is 0 Å². The first-order valence-electron chi connectivity index (χ1n) is 10.4. The highest BCUT2D eigenvalue weighted by atomic mass is 32.2. The molecule has 1 saturated heterocycles. The summed E-state index contributed by atoms with van der Waals surface area (Å²) in [6, 6.07) is 3.86. The van der Waals surface area contributed by atoms with Gasteiger partial charge in [0.1, 0.15) is 0 Å². The van der Waals surface area contributed by atoms with Gasteiger partial charge in [-0.15, -0.1) is 0 Å². The first-order chi connectivity index (χ1) is 13.3. The van der Waals surface area contributed by atoms with Gasteiger partial charge in [-0.3, -0.25) is 4.79 Å². The van der Waals surface area contributed by atoms with Gasteiger partial charge in [-0.1, -0.05) is 30.5 Å². The minimum atomic E-state index is -3.64. The molecule has 1 amide bonds. The number of benzene rings is 1. The van der Waals surface area contributed by atoms with E-state index in [1.807, 2.05) is 37.8 Å². The molecule has 156 valence electrons. The second-order valence-electron chi connectivity index (χ2n) is 8.16. The lowest BCUT2D eigenvalue weighted by Crippen LogP contribution is -2.48. The Bertz CT molecular complexity index is 787. The van der Waals surface area contributed by atoms with Crippen molar-refractivity contribution >= 4 is 15.9 Å². The van der Waals surface area contributed by atoms with Gasteiger partial charge in [0.15, 0.2) is 0 Å². The number of rotatable bonds is 6. The molecule has 1 N–H and O–H groups in total. The van der Waals surface area contributed by atoms with Crippen molar-refractivity contribution in [3.05, 3.63) is 28.8 Å². The highest BCUT2D eigenvalue weighted by Gasteiger charge is 2.35. The Kier molecular flexibility index (Phi) is 6.78. The Hall–Kier alpha value is -1.44. The van der Waals surface area contributed by atoms with E-state index < -0.39 is 10.0 Å². The number of sulfonamides is 1. The summed E-state index contributed by atoms with van der Waals surface area (Å²) in [7, 11) is -3.64. The maximum atomic E-state index is 13.7. The summed E-state index contributed by atoms with van der Waals surface area (Å²) in [5.74, 6) is 0.0528. The zero-order chi connectivity index (χ0) is 20.3. The Morgan fingerprint density at radius 2 is 1.68 bits per heavy atom. The number of amides is 1. The van der Waals surface area contributed by atoms with Crippen LogP contribution in [0.1, 0.15) is 48.8 Å². The van der Waals surface area contributed by atoms with Gasteiger partial charge in [0, 0.05) is 45.2 Å². The van der Waals surface area contributed by atoms with E-state index in [1.165, 1.54) is 0 Å². The van der Waals surface area contributed by atoms with Crippen LogP contribution < -0.4 is 5.32 Å². The lowest BCUT2D eigenvalue weighted by atomic mass is 10.1. The molecule has 1 saturated carbocycles. The van der Waals surface area contributed by atoms with Gasteiger partial charge in [0.2, 0.25) is 15.9 Å². The molecule has 0 unspecified atom stereocenters. The molecule has 0 aromatic heterocycles. The van der Waals surface area contributed by atoms with Crippen molar-refractivity contribution in [3.8, 4) is 0 Å². The molecule has 28 heavy (non-hydrogen) atoms. The number of nitrogens with one attached hydrogen (secondary N) is 1. The van der Waals surface area contributed by atoms with Crippen LogP contribution in [0.25, 0.3) is 0 Å². The summed E-state index contributed by atoms with van der Waals surface area (Å²) in [5.41, 5.74) is 2.64. The second-order valence-corrected chi connectivity index (χ2v) is 9.99. The van der Waals surface area contributed by atoms with Crippen LogP contribution in [-0.4, -0.2) is 62.3 Å². The van der Waals surface area contributed by atoms with Gasteiger partial charge in [-0.2, -0.15) is 4.31 Å². The largest absolute Gasteiger partial charge is 0.340 e. The molecule has 3 rings (SSSR count). The average Bonchev–Trinajstić information content (AvgIpc) is 3.15. The summed E-state index contributed by atoms with van der Waals surface area (Å²) in [5, 5.41) is 3.24. The van der Waals surface area contributed by atoms with Gasteiger partial charge < -0.3 is 10.2 Å². The number of hydrogen-bond donors (Lipinski definition) is 1. The molecule has 1 aromatic carbocycles. The number of aryl methyl sites for hydroxylation is 3. The van der Waals surface area contributed by atoms with Crippen LogP contribution in [0.5, 0.6) is 0 Å². The third-order valence-corrected chi connectivity index (χ3v) is 8.18. The van der Waals surface area contributed by atoms with Crippen molar-refractivity contribution < 1.29 is 13.2 Å². The number of carbonyl (C=O) groups excluding carboxylic acids is 1. The zero-order valence-electron chi connectivity index (χ0n) is 17.3. The fraction of sp³-hybridized carbons (Fsp3) is 0.667. The van der Waals surface area contributed by atoms with Crippen molar-refractivity contribution in [2.24, 2.45) is 0 Å². The normalized spacial score (nSPS) is 18.8. The maximum absolute atomic E-state index is 13.7. The van der Waals surface area contributed by atoms with Gasteiger partial charge in [0.05, 0.1) is 4.90 Å². The molecule has 0 spiro atoms. The van der Waals surface area contributed by atoms with Gasteiger partial charge in [0.25, 0.3) is 0 Å². The van der Waals surface area contributed by atoms with Gasteiger partial charge in [-0.25, -0.2) is 8.42 Å². The Morgan fingerprint density at radius 3 is 2.25 bits per heavy atom. The molecule has 1 aliphatic heterocycles. The highest BCUT2D eigenvalue weighted by Crippen LogP contribution is 2.32. The lowest BCUT2D eigenvalue weighted by Gasteiger charge is -2.31. The molecule has 6 nitrogen and oxygen atoms in total. The van der Waals surface area contributed by atoms with Gasteiger partial charge >= 0.3 is 0 Å². The van der Waals surface area contributed by atoms with Crippen molar-refractivity contribution in [3.63, 3.8) is 0 Å². The second kappa shape index (κ2) is 8.93. The molecule has 1 aromatic rings. The van der Waals surface area contributed by atoms with E-state index in [2.05, 4.69) is 5.32 Å². The van der Waals surface area contributed by atoms with Crippen molar-refractivity contribution in [2.45, 2.75) is 63.8 Å². The van der Waals surface area contributed by atoms with E-state index in [-0.39, 0.29) is 24.9 Å². The highest BCUT2D eigenvalue weighted by molar-refractivity contribution is 7.89. The number of piperazine rings is 1. The molecule has 1 aliphatic carbocycles. The van der Waals surface area contributed by atoms with Gasteiger partial charge in [-0.05, 0) is 44.7 Å². The average molecular weight is 408 g/mol. The Labute approximate surface area is 169 Å². The van der Waals surface area contributed by atoms with Crippen molar-refractivity contribution in [1.82, 2.24) is 14.5 Å². The molecule has 7 heteroatoms. The van der Waals surface area contributed by atoms with Crippen LogP contribution >= 0.6 is 0 Å². The van der Waals surface area contributed by atoms with Crippen LogP contribution in [-0.2, 0) is 14.8 Å². The number of carbonyl (C=O) groups is 1. The molecule has 0 bridgehead atoms. The van der Waals surface area contributed by atoms with Crippen molar-refractivity contribution in [2.75, 3.05) is 32.7 Å². The van der Waals surface area contributed by atoms with E-state index in [9.17, 15) is 13.2 Å². The predicted molar refractivity (Wildman–Crippen MR) is 111 cm³/mol. The maximum Gasteiger partial charge on any atom is 0.243 e. The molecule has 2 aliphatic rings. The number of nitrogens with zero attached hydrogens (tertiary/aromatic N) is 2. The summed E-state index contributed by atoms with van der Waals surface area (Å²) in [4.78, 5) is 14.9. The molecule has 0 radical (unpaired) electrons. The first-order valence-corrected chi connectivity index (χ1v) is 11.8. The van der Waals surface area contributed by atoms with Crippen LogP contribution in [0.3, 0.4) is 0 Å². The van der Waals surface area contributed by atoms with E-state index in [1.54, 1.807) is 4.31 Å². The minimum Gasteiger partial charge on any atom is -0.340 e. The standard InChI is InChI=1S/C21H33N3O3S/c1-16-14-17(2)21(18(3)15-16)28(26,27)24(19-6-4-5-7-19)11-8-20(25)23-12-9-22-10-13-23/h14-15,19,22H,4-13H2,1-3H3. The molecule has 1 heterocycles. The Morgan fingerprint density at radius 1 is 1.11 bits per heavy atom. The van der Waals surface area contributed by atoms with Crippen LogP contribution in [0, 0.1) is 20.8 Å². The summed E-state index contributed by atoms with van der Waals surface area (Å²) in [6.45, 7) is 8.99. The summed E-state index contributed by atoms with van der Waals surface area (Å²) < 4.78 is 28.9. The fourth-order valence-electron chi connectivity index (χ4n) is 4.66. The summed E-state index contributed by atoms with van der Waals surface area (Å²) >= 11 is 0. The van der Waals surface area contributed by atoms with E-state index in [0.29, 0.717) is 18.0 Å². The smallest absolute Gasteiger partial charge is 0.243 e. The molecule has 0 atom stereocenters. The molecule has 2 fully saturated rings. The third-order valence-electron chi connectivity index (χ3n) is 5.92. The van der Waals surface area contributed by atoms with E-state index >= 15 is 0 Å². The minimum absolute atomic E-state index is 0.000857.